The number of nitrogens with zero attached hydrogens (tertiary/aromatic N) is 1. The van der Waals surface area contributed by atoms with Gasteiger partial charge in [-0.05, 0) is 17.9 Å². The van der Waals surface area contributed by atoms with E-state index in [1.807, 2.05) is 6.07 Å². The second kappa shape index (κ2) is 5.79. The van der Waals surface area contributed by atoms with Gasteiger partial charge < -0.3 is 5.32 Å². The summed E-state index contributed by atoms with van der Waals surface area (Å²) in [6.07, 6.45) is 1.07. The average molecular weight is 234 g/mol. The minimum Gasteiger partial charge on any atom is -0.312 e. The number of nitriles is 1. The van der Waals surface area contributed by atoms with Gasteiger partial charge in [0.05, 0.1) is 5.56 Å². The molecule has 0 aromatic heterocycles. The Labute approximate surface area is 102 Å². The lowest BCUT2D eigenvalue weighted by Gasteiger charge is -2.23. The van der Waals surface area contributed by atoms with Crippen LogP contribution in [0.1, 0.15) is 38.3 Å². The van der Waals surface area contributed by atoms with E-state index in [0.29, 0.717) is 12.1 Å². The first-order valence-electron chi connectivity index (χ1n) is 5.88. The molecule has 0 spiro atoms. The zero-order valence-corrected chi connectivity index (χ0v) is 10.7. The van der Waals surface area contributed by atoms with Gasteiger partial charge in [-0.3, -0.25) is 0 Å². The fourth-order valence-electron chi connectivity index (χ4n) is 1.46. The number of hydrogen-bond donors (Lipinski definition) is 1. The molecule has 17 heavy (non-hydrogen) atoms. The molecule has 0 aliphatic carbocycles. The summed E-state index contributed by atoms with van der Waals surface area (Å²) in [5, 5.41) is 12.0. The molecule has 0 saturated carbocycles. The van der Waals surface area contributed by atoms with E-state index in [4.69, 9.17) is 5.26 Å². The first kappa shape index (κ1) is 13.7. The van der Waals surface area contributed by atoms with Crippen LogP contribution in [0.2, 0.25) is 0 Å². The predicted molar refractivity (Wildman–Crippen MR) is 66.9 cm³/mol. The zero-order chi connectivity index (χ0) is 12.9. The van der Waals surface area contributed by atoms with Gasteiger partial charge in [-0.2, -0.15) is 5.26 Å². The first-order chi connectivity index (χ1) is 8.00. The van der Waals surface area contributed by atoms with Crippen molar-refractivity contribution in [2.45, 2.75) is 33.7 Å². The van der Waals surface area contributed by atoms with Crippen LogP contribution in [0, 0.1) is 22.6 Å². The molecule has 0 fully saturated rings. The molecule has 0 unspecified atom stereocenters. The monoisotopic (exact) mass is 234 g/mol. The number of nitrogens with one attached hydrogen (secondary N) is 1. The molecule has 1 aromatic rings. The molecule has 0 bridgehead atoms. The maximum absolute atomic E-state index is 13.7. The van der Waals surface area contributed by atoms with Crippen LogP contribution in [-0.2, 0) is 6.54 Å². The van der Waals surface area contributed by atoms with Crippen molar-refractivity contribution in [2.75, 3.05) is 6.54 Å². The second-order valence-electron chi connectivity index (χ2n) is 5.01. The molecule has 1 N–H and O–H groups in total. The molecule has 0 aliphatic rings. The molecular formula is C14H19FN2. The molecule has 0 aliphatic heterocycles. The molecule has 1 rings (SSSR count). The van der Waals surface area contributed by atoms with E-state index in [2.05, 4.69) is 26.1 Å². The van der Waals surface area contributed by atoms with E-state index >= 15 is 0 Å². The molecule has 0 heterocycles. The van der Waals surface area contributed by atoms with Crippen LogP contribution in [0.3, 0.4) is 0 Å². The summed E-state index contributed by atoms with van der Waals surface area (Å²) >= 11 is 0. The Morgan fingerprint density at radius 2 is 2.12 bits per heavy atom. The number of rotatable bonds is 5. The second-order valence-corrected chi connectivity index (χ2v) is 5.01. The van der Waals surface area contributed by atoms with Crippen LogP contribution in [0.25, 0.3) is 0 Å². The summed E-state index contributed by atoms with van der Waals surface area (Å²) in [7, 11) is 0. The highest BCUT2D eigenvalue weighted by Crippen LogP contribution is 2.18. The van der Waals surface area contributed by atoms with E-state index in [-0.39, 0.29) is 11.0 Å². The SMILES string of the molecule is CCC(C)(C)CNCc1cccc(C#N)c1F. The predicted octanol–water partition coefficient (Wildman–Crippen LogP) is 3.22. The topological polar surface area (TPSA) is 35.8 Å². The van der Waals surface area contributed by atoms with Crippen molar-refractivity contribution in [3.8, 4) is 6.07 Å². The van der Waals surface area contributed by atoms with Crippen molar-refractivity contribution in [1.82, 2.24) is 5.32 Å². The van der Waals surface area contributed by atoms with E-state index in [9.17, 15) is 4.39 Å². The van der Waals surface area contributed by atoms with Crippen molar-refractivity contribution in [3.63, 3.8) is 0 Å². The van der Waals surface area contributed by atoms with Gasteiger partial charge >= 0.3 is 0 Å². The van der Waals surface area contributed by atoms with E-state index in [0.717, 1.165) is 13.0 Å². The van der Waals surface area contributed by atoms with Crippen molar-refractivity contribution >= 4 is 0 Å². The van der Waals surface area contributed by atoms with Crippen LogP contribution in [0.5, 0.6) is 0 Å². The molecule has 0 atom stereocenters. The van der Waals surface area contributed by atoms with Crippen molar-refractivity contribution in [1.29, 1.82) is 5.26 Å². The lowest BCUT2D eigenvalue weighted by Crippen LogP contribution is -2.28. The fraction of sp³-hybridized carbons (Fsp3) is 0.500. The van der Waals surface area contributed by atoms with Gasteiger partial charge in [0.15, 0.2) is 0 Å². The normalized spacial score (nSPS) is 11.2. The largest absolute Gasteiger partial charge is 0.312 e. The maximum atomic E-state index is 13.7. The number of benzene rings is 1. The minimum absolute atomic E-state index is 0.110. The Kier molecular flexibility index (Phi) is 4.65. The Hall–Kier alpha value is -1.40. The molecule has 1 aromatic carbocycles. The highest BCUT2D eigenvalue weighted by atomic mass is 19.1. The number of hydrogen-bond acceptors (Lipinski definition) is 2. The van der Waals surface area contributed by atoms with Crippen LogP contribution in [0.4, 0.5) is 4.39 Å². The van der Waals surface area contributed by atoms with Crippen LogP contribution < -0.4 is 5.32 Å². The Morgan fingerprint density at radius 3 is 2.71 bits per heavy atom. The molecule has 0 radical (unpaired) electrons. The van der Waals surface area contributed by atoms with E-state index in [1.54, 1.807) is 12.1 Å². The van der Waals surface area contributed by atoms with Crippen LogP contribution in [0.15, 0.2) is 18.2 Å². The molecular weight excluding hydrogens is 215 g/mol. The van der Waals surface area contributed by atoms with Gasteiger partial charge in [0.1, 0.15) is 11.9 Å². The summed E-state index contributed by atoms with van der Waals surface area (Å²) in [4.78, 5) is 0. The first-order valence-corrected chi connectivity index (χ1v) is 5.88. The van der Waals surface area contributed by atoms with Gasteiger partial charge in [-0.1, -0.05) is 32.9 Å². The highest BCUT2D eigenvalue weighted by molar-refractivity contribution is 5.34. The van der Waals surface area contributed by atoms with E-state index in [1.165, 1.54) is 6.07 Å². The van der Waals surface area contributed by atoms with Gasteiger partial charge in [0, 0.05) is 18.7 Å². The Morgan fingerprint density at radius 1 is 1.41 bits per heavy atom. The molecule has 2 nitrogen and oxygen atoms in total. The van der Waals surface area contributed by atoms with E-state index < -0.39 is 5.82 Å². The van der Waals surface area contributed by atoms with Gasteiger partial charge in [-0.25, -0.2) is 4.39 Å². The average Bonchev–Trinajstić information content (AvgIpc) is 2.31. The number of halogens is 1. The maximum Gasteiger partial charge on any atom is 0.145 e. The summed E-state index contributed by atoms with van der Waals surface area (Å²) in [6, 6.07) is 6.77. The molecule has 92 valence electrons. The molecule has 3 heteroatoms. The van der Waals surface area contributed by atoms with Crippen LogP contribution >= 0.6 is 0 Å². The standard InChI is InChI=1S/C14H19FN2/c1-4-14(2,3)10-17-9-12-7-5-6-11(8-16)13(12)15/h5-7,17H,4,9-10H2,1-3H3. The third-order valence-electron chi connectivity index (χ3n) is 3.08. The van der Waals surface area contributed by atoms with Gasteiger partial charge in [0.25, 0.3) is 0 Å². The Bertz CT molecular complexity index is 419. The quantitative estimate of drug-likeness (QED) is 0.849. The summed E-state index contributed by atoms with van der Waals surface area (Å²) in [5.74, 6) is -0.406. The Balaban J connectivity index is 2.62. The lowest BCUT2D eigenvalue weighted by molar-refractivity contribution is 0.326. The zero-order valence-electron chi connectivity index (χ0n) is 10.7. The lowest BCUT2D eigenvalue weighted by atomic mass is 9.90. The van der Waals surface area contributed by atoms with Crippen molar-refractivity contribution in [2.24, 2.45) is 5.41 Å². The molecule has 0 amide bonds. The van der Waals surface area contributed by atoms with Crippen molar-refractivity contribution in [3.05, 3.63) is 35.1 Å². The summed E-state index contributed by atoms with van der Waals surface area (Å²) in [5.41, 5.74) is 0.874. The third-order valence-corrected chi connectivity index (χ3v) is 3.08. The van der Waals surface area contributed by atoms with Gasteiger partial charge in [-0.15, -0.1) is 0 Å². The molecule has 0 saturated heterocycles. The smallest absolute Gasteiger partial charge is 0.145 e. The van der Waals surface area contributed by atoms with Crippen molar-refractivity contribution < 1.29 is 4.39 Å². The third kappa shape index (κ3) is 3.83. The van der Waals surface area contributed by atoms with Gasteiger partial charge in [0.2, 0.25) is 0 Å². The minimum atomic E-state index is -0.406. The van der Waals surface area contributed by atoms with Crippen LogP contribution in [-0.4, -0.2) is 6.54 Å². The highest BCUT2D eigenvalue weighted by Gasteiger charge is 2.14. The fourth-order valence-corrected chi connectivity index (χ4v) is 1.46. The summed E-state index contributed by atoms with van der Waals surface area (Å²) in [6.45, 7) is 7.77. The summed E-state index contributed by atoms with van der Waals surface area (Å²) < 4.78 is 13.7.